The first kappa shape index (κ1) is 44.8. The largest absolute Gasteiger partial charge is 0.328 e. The minimum Gasteiger partial charge on any atom is -0.326 e. The van der Waals surface area contributed by atoms with Gasteiger partial charge in [0.05, 0.1) is 16.9 Å². The van der Waals surface area contributed by atoms with Gasteiger partial charge in [0.1, 0.15) is 12.2 Å². The average molecular weight is 823 g/mol. The number of benzene rings is 3. The lowest BCUT2D eigenvalue weighted by atomic mass is 9.99. The molecule has 1 aliphatic rings. The predicted octanol–water partition coefficient (Wildman–Crippen LogP) is 10.6. The van der Waals surface area contributed by atoms with Crippen molar-refractivity contribution >= 4 is 52.5 Å². The summed E-state index contributed by atoms with van der Waals surface area (Å²) in [5.74, 6) is -2.60. The number of hydrogen-bond donors (Lipinski definition) is 2. The molecule has 1 atom stereocenters. The van der Waals surface area contributed by atoms with Crippen LogP contribution in [-0.4, -0.2) is 61.7 Å². The lowest BCUT2D eigenvalue weighted by Crippen LogP contribution is -2.53. The number of imide groups is 1. The Hall–Kier alpha value is -5.29. The van der Waals surface area contributed by atoms with E-state index >= 15 is 0 Å². The van der Waals surface area contributed by atoms with Gasteiger partial charge < -0.3 is 15.5 Å². The van der Waals surface area contributed by atoms with Crippen LogP contribution in [0.3, 0.4) is 0 Å². The zero-order chi connectivity index (χ0) is 42.0. The van der Waals surface area contributed by atoms with Gasteiger partial charge >= 0.3 is 6.03 Å². The number of unbranched alkanes of at least 4 members (excludes halogenated alkanes) is 14. The second kappa shape index (κ2) is 23.3. The van der Waals surface area contributed by atoms with Gasteiger partial charge in [0.25, 0.3) is 11.8 Å². The number of urea groups is 1. The molecule has 5 amide bonds. The van der Waals surface area contributed by atoms with Crippen molar-refractivity contribution in [2.75, 3.05) is 17.2 Å². The van der Waals surface area contributed by atoms with Gasteiger partial charge in [-0.1, -0.05) is 169 Å². The van der Waals surface area contributed by atoms with Crippen LogP contribution < -0.4 is 10.6 Å². The molecule has 59 heavy (non-hydrogen) atoms. The smallest absolute Gasteiger partial charge is 0.326 e. The van der Waals surface area contributed by atoms with E-state index in [1.165, 1.54) is 105 Å². The molecule has 12 heteroatoms. The molecule has 3 aromatic carbocycles. The van der Waals surface area contributed by atoms with Crippen LogP contribution in [-0.2, 0) is 28.0 Å². The van der Waals surface area contributed by atoms with E-state index in [9.17, 15) is 24.0 Å². The molecule has 4 aromatic rings. The van der Waals surface area contributed by atoms with Crippen LogP contribution >= 0.6 is 11.6 Å². The second-order valence-corrected chi connectivity index (χ2v) is 15.9. The van der Waals surface area contributed by atoms with Gasteiger partial charge in [-0.2, -0.15) is 5.10 Å². The molecule has 1 aliphatic heterocycles. The van der Waals surface area contributed by atoms with Crippen LogP contribution in [0.4, 0.5) is 16.2 Å². The number of halogens is 1. The Morgan fingerprint density at radius 2 is 1.32 bits per heavy atom. The Bertz CT molecular complexity index is 2000. The molecule has 1 unspecified atom stereocenters. The SMILES string of the molecule is CCCCCCCCCCCCCCCCCC(=O)Nc1ccc(Cl)c(NC(=O)C(C(=O)c2c(-c3ccccc3)cnn2C)N2C(=O)CN(Cc3ccccc3)C2=O)c1. The van der Waals surface area contributed by atoms with Crippen molar-refractivity contribution in [3.63, 3.8) is 0 Å². The van der Waals surface area contributed by atoms with Crippen LogP contribution in [0.15, 0.2) is 85.1 Å². The van der Waals surface area contributed by atoms with Crippen molar-refractivity contribution in [3.8, 4) is 11.1 Å². The number of carbonyl (C=O) groups excluding carboxylic acids is 5. The topological polar surface area (TPSA) is 134 Å². The maximum absolute atomic E-state index is 14.6. The van der Waals surface area contributed by atoms with Crippen LogP contribution in [0.5, 0.6) is 0 Å². The molecule has 314 valence electrons. The second-order valence-electron chi connectivity index (χ2n) is 15.5. The number of aryl methyl sites for hydroxylation is 1. The minimum atomic E-state index is -1.90. The molecule has 2 heterocycles. The summed E-state index contributed by atoms with van der Waals surface area (Å²) >= 11 is 6.55. The lowest BCUT2D eigenvalue weighted by Gasteiger charge is -2.25. The average Bonchev–Trinajstić information content (AvgIpc) is 3.75. The summed E-state index contributed by atoms with van der Waals surface area (Å²) in [6, 6.07) is 20.2. The third-order valence-corrected chi connectivity index (χ3v) is 11.1. The van der Waals surface area contributed by atoms with Gasteiger partial charge in [-0.15, -0.1) is 0 Å². The monoisotopic (exact) mass is 822 g/mol. The number of anilines is 2. The number of nitrogens with one attached hydrogen (secondary N) is 2. The maximum atomic E-state index is 14.6. The van der Waals surface area contributed by atoms with E-state index in [-0.39, 0.29) is 35.4 Å². The zero-order valence-corrected chi connectivity index (χ0v) is 35.4. The summed E-state index contributed by atoms with van der Waals surface area (Å²) in [5.41, 5.74) is 2.44. The van der Waals surface area contributed by atoms with Crippen LogP contribution in [0.1, 0.15) is 126 Å². The fourth-order valence-corrected chi connectivity index (χ4v) is 7.73. The Morgan fingerprint density at radius 1 is 0.746 bits per heavy atom. The number of rotatable bonds is 25. The molecule has 1 aromatic heterocycles. The van der Waals surface area contributed by atoms with E-state index in [4.69, 9.17) is 11.6 Å². The maximum Gasteiger partial charge on any atom is 0.328 e. The fourth-order valence-electron chi connectivity index (χ4n) is 7.57. The van der Waals surface area contributed by atoms with Crippen molar-refractivity contribution in [3.05, 3.63) is 101 Å². The van der Waals surface area contributed by atoms with Gasteiger partial charge in [0.15, 0.2) is 6.04 Å². The predicted molar refractivity (Wildman–Crippen MR) is 234 cm³/mol. The zero-order valence-electron chi connectivity index (χ0n) is 34.6. The van der Waals surface area contributed by atoms with Gasteiger partial charge in [-0.05, 0) is 35.7 Å². The van der Waals surface area contributed by atoms with Crippen molar-refractivity contribution < 1.29 is 24.0 Å². The Morgan fingerprint density at radius 3 is 1.93 bits per heavy atom. The van der Waals surface area contributed by atoms with Gasteiger partial charge in [0.2, 0.25) is 11.7 Å². The molecule has 5 rings (SSSR count). The summed E-state index contributed by atoms with van der Waals surface area (Å²) in [5, 5.41) is 10.0. The standard InChI is InChI=1S/C47H59ClN6O5/c1-3-4-5-6-7-8-9-10-11-12-13-14-15-16-23-28-41(55)50-37-29-30-39(48)40(31-37)51-46(58)44(45(57)43-38(32-49-52(43)2)36-26-21-18-22-27-36)54-42(56)34-53(47(54)59)33-35-24-19-17-20-25-35/h17-22,24-27,29-32,44H,3-16,23,28,33-34H2,1-2H3,(H,50,55)(H,51,58). The molecule has 11 nitrogen and oxygen atoms in total. The molecule has 0 aliphatic carbocycles. The Balaban J connectivity index is 1.19. The number of ketones is 1. The van der Waals surface area contributed by atoms with E-state index in [0.717, 1.165) is 29.7 Å². The minimum absolute atomic E-state index is 0.0457. The molecule has 0 saturated carbocycles. The number of carbonyl (C=O) groups is 5. The van der Waals surface area contributed by atoms with Crippen molar-refractivity contribution in [1.29, 1.82) is 0 Å². The van der Waals surface area contributed by atoms with Crippen LogP contribution in [0, 0.1) is 0 Å². The Labute approximate surface area is 353 Å². The molecular weight excluding hydrogens is 764 g/mol. The third-order valence-electron chi connectivity index (χ3n) is 10.8. The molecular formula is C47H59ClN6O5. The highest BCUT2D eigenvalue weighted by Gasteiger charge is 2.48. The van der Waals surface area contributed by atoms with E-state index in [1.54, 1.807) is 25.2 Å². The van der Waals surface area contributed by atoms with Crippen LogP contribution in [0.25, 0.3) is 11.1 Å². The summed E-state index contributed by atoms with van der Waals surface area (Å²) in [6.07, 6.45) is 20.5. The van der Waals surface area contributed by atoms with Gasteiger partial charge in [0, 0.05) is 31.3 Å². The summed E-state index contributed by atoms with van der Waals surface area (Å²) in [4.78, 5) is 71.4. The first-order valence-electron chi connectivity index (χ1n) is 21.3. The highest BCUT2D eigenvalue weighted by atomic mass is 35.5. The first-order chi connectivity index (χ1) is 28.7. The van der Waals surface area contributed by atoms with Crippen molar-refractivity contribution in [2.24, 2.45) is 7.05 Å². The molecule has 0 radical (unpaired) electrons. The quantitative estimate of drug-likeness (QED) is 0.0296. The molecule has 0 bridgehead atoms. The number of amides is 5. The highest BCUT2D eigenvalue weighted by molar-refractivity contribution is 6.34. The van der Waals surface area contributed by atoms with E-state index in [1.807, 2.05) is 48.5 Å². The van der Waals surface area contributed by atoms with E-state index < -0.39 is 29.7 Å². The summed E-state index contributed by atoms with van der Waals surface area (Å²) in [7, 11) is 1.56. The third kappa shape index (κ3) is 13.1. The molecule has 1 fully saturated rings. The van der Waals surface area contributed by atoms with Crippen LogP contribution in [0.2, 0.25) is 5.02 Å². The first-order valence-corrected chi connectivity index (χ1v) is 21.7. The van der Waals surface area contributed by atoms with Gasteiger partial charge in [-0.3, -0.25) is 23.9 Å². The lowest BCUT2D eigenvalue weighted by molar-refractivity contribution is -0.131. The van der Waals surface area contributed by atoms with Crippen molar-refractivity contribution in [2.45, 2.75) is 122 Å². The number of aromatic nitrogens is 2. The fraction of sp³-hybridized carbons (Fsp3) is 0.447. The summed E-state index contributed by atoms with van der Waals surface area (Å²) in [6.45, 7) is 2.05. The molecule has 2 N–H and O–H groups in total. The van der Waals surface area contributed by atoms with Crippen molar-refractivity contribution in [1.82, 2.24) is 19.6 Å². The number of nitrogens with zero attached hydrogens (tertiary/aromatic N) is 4. The highest BCUT2D eigenvalue weighted by Crippen LogP contribution is 2.30. The molecule has 1 saturated heterocycles. The molecule has 0 spiro atoms. The number of hydrogen-bond acceptors (Lipinski definition) is 6. The van der Waals surface area contributed by atoms with E-state index in [2.05, 4.69) is 22.7 Å². The Kier molecular flexibility index (Phi) is 17.7. The van der Waals surface area contributed by atoms with Gasteiger partial charge in [-0.25, -0.2) is 9.69 Å². The summed E-state index contributed by atoms with van der Waals surface area (Å²) < 4.78 is 1.33. The van der Waals surface area contributed by atoms with E-state index in [0.29, 0.717) is 23.2 Å². The number of Topliss-reactive ketones (excluding diaryl/α,β-unsaturated/α-hetero) is 1. The normalized spacial score (nSPS) is 13.2.